The molecule has 0 aliphatic carbocycles. The van der Waals surface area contributed by atoms with Crippen LogP contribution >= 0.6 is 0 Å². The number of rotatable bonds is 3. The first kappa shape index (κ1) is 14.4. The maximum absolute atomic E-state index is 9.28. The van der Waals surface area contributed by atoms with Crippen LogP contribution in [0, 0.1) is 0 Å². The van der Waals surface area contributed by atoms with Crippen LogP contribution in [0.1, 0.15) is 39.3 Å². The molecule has 0 aliphatic heterocycles. The third-order valence-corrected chi connectivity index (χ3v) is 2.46. The van der Waals surface area contributed by atoms with Gasteiger partial charge in [-0.05, 0) is 26.0 Å². The smallest absolute Gasteiger partial charge is 0.0938 e. The van der Waals surface area contributed by atoms with Gasteiger partial charge >= 0.3 is 0 Å². The summed E-state index contributed by atoms with van der Waals surface area (Å²) in [4.78, 5) is 4.31. The molecule has 4 nitrogen and oxygen atoms in total. The highest BCUT2D eigenvalue weighted by atomic mass is 16.3. The van der Waals surface area contributed by atoms with Gasteiger partial charge in [-0.2, -0.15) is 5.10 Å². The first-order chi connectivity index (χ1) is 8.74. The summed E-state index contributed by atoms with van der Waals surface area (Å²) in [6, 6.07) is 5.89. The van der Waals surface area contributed by atoms with Gasteiger partial charge in [0.2, 0.25) is 0 Å². The number of nitrogens with zero attached hydrogens (tertiary/aromatic N) is 3. The molecule has 4 heteroatoms. The molecule has 0 fully saturated rings. The summed E-state index contributed by atoms with van der Waals surface area (Å²) < 4.78 is 1.90. The number of pyridine rings is 1. The minimum atomic E-state index is -0.00749. The number of aliphatic hydroxyl groups is 1. The Labute approximate surface area is 108 Å². The van der Waals surface area contributed by atoms with Crippen molar-refractivity contribution < 1.29 is 5.11 Å². The van der Waals surface area contributed by atoms with Gasteiger partial charge in [0.1, 0.15) is 0 Å². The van der Waals surface area contributed by atoms with E-state index in [0.717, 1.165) is 17.0 Å². The van der Waals surface area contributed by atoms with Gasteiger partial charge < -0.3 is 5.11 Å². The van der Waals surface area contributed by atoms with Gasteiger partial charge in [-0.1, -0.05) is 19.9 Å². The molecule has 2 heterocycles. The van der Waals surface area contributed by atoms with E-state index in [9.17, 15) is 5.11 Å². The molecule has 0 saturated heterocycles. The Morgan fingerprint density at radius 3 is 2.56 bits per heavy atom. The zero-order valence-corrected chi connectivity index (χ0v) is 11.5. The minimum absolute atomic E-state index is 0.00749. The van der Waals surface area contributed by atoms with Crippen molar-refractivity contribution >= 4 is 0 Å². The molecule has 1 N–H and O–H groups in total. The lowest BCUT2D eigenvalue weighted by atomic mass is 10.1. The van der Waals surface area contributed by atoms with Crippen LogP contribution in [0.5, 0.6) is 0 Å². The highest BCUT2D eigenvalue weighted by molar-refractivity contribution is 5.58. The zero-order valence-electron chi connectivity index (χ0n) is 11.5. The van der Waals surface area contributed by atoms with Crippen LogP contribution in [0.25, 0.3) is 11.4 Å². The first-order valence-electron chi connectivity index (χ1n) is 6.32. The number of aliphatic hydroxyl groups excluding tert-OH is 1. The molecule has 2 aromatic heterocycles. The average molecular weight is 247 g/mol. The van der Waals surface area contributed by atoms with Crippen LogP contribution in [-0.4, -0.2) is 19.9 Å². The molecule has 2 rings (SSSR count). The molecule has 0 radical (unpaired) electrons. The first-order valence-corrected chi connectivity index (χ1v) is 6.32. The average Bonchev–Trinajstić information content (AvgIpc) is 2.90. The Morgan fingerprint density at radius 2 is 1.94 bits per heavy atom. The van der Waals surface area contributed by atoms with E-state index in [1.165, 1.54) is 0 Å². The lowest BCUT2D eigenvalue weighted by Crippen LogP contribution is -2.06. The Hall–Kier alpha value is -1.68. The van der Waals surface area contributed by atoms with E-state index in [-0.39, 0.29) is 12.6 Å². The molecular formula is C14H21N3O. The Bertz CT molecular complexity index is 477. The normalized spacial score (nSPS) is 10.1. The standard InChI is InChI=1S/C12H15N3O.C2H6/c1-9(2)15-11(5-7-14-15)12-10(8-16)4-3-6-13-12;1-2/h3-7,9,16H,8H2,1-2H3;1-2H3. The molecule has 0 unspecified atom stereocenters. The summed E-state index contributed by atoms with van der Waals surface area (Å²) in [6.45, 7) is 8.13. The summed E-state index contributed by atoms with van der Waals surface area (Å²) in [6.07, 6.45) is 3.48. The van der Waals surface area contributed by atoms with E-state index in [1.54, 1.807) is 12.4 Å². The van der Waals surface area contributed by atoms with E-state index in [1.807, 2.05) is 36.7 Å². The Balaban J connectivity index is 0.000000771. The molecule has 18 heavy (non-hydrogen) atoms. The van der Waals surface area contributed by atoms with Crippen LogP contribution in [0.3, 0.4) is 0 Å². The molecule has 98 valence electrons. The summed E-state index contributed by atoms with van der Waals surface area (Å²) >= 11 is 0. The second kappa shape index (κ2) is 6.91. The number of hydrogen-bond donors (Lipinski definition) is 1. The van der Waals surface area contributed by atoms with Crippen molar-refractivity contribution in [3.63, 3.8) is 0 Å². The van der Waals surface area contributed by atoms with Crippen molar-refractivity contribution in [2.75, 3.05) is 0 Å². The van der Waals surface area contributed by atoms with Gasteiger partial charge in [0.15, 0.2) is 0 Å². The minimum Gasteiger partial charge on any atom is -0.392 e. The van der Waals surface area contributed by atoms with Gasteiger partial charge in [-0.25, -0.2) is 0 Å². The van der Waals surface area contributed by atoms with Crippen molar-refractivity contribution in [3.05, 3.63) is 36.2 Å². The van der Waals surface area contributed by atoms with Crippen LogP contribution in [0.15, 0.2) is 30.6 Å². The topological polar surface area (TPSA) is 50.9 Å². The van der Waals surface area contributed by atoms with E-state index in [0.29, 0.717) is 0 Å². The molecule has 0 spiro atoms. The predicted molar refractivity (Wildman–Crippen MR) is 73.1 cm³/mol. The van der Waals surface area contributed by atoms with Gasteiger partial charge in [0.05, 0.1) is 18.0 Å². The maximum atomic E-state index is 9.28. The third-order valence-electron chi connectivity index (χ3n) is 2.46. The van der Waals surface area contributed by atoms with Crippen molar-refractivity contribution in [2.24, 2.45) is 0 Å². The largest absolute Gasteiger partial charge is 0.392 e. The highest BCUT2D eigenvalue weighted by Crippen LogP contribution is 2.23. The molecule has 0 saturated carbocycles. The van der Waals surface area contributed by atoms with Gasteiger partial charge in [0, 0.05) is 24.0 Å². The van der Waals surface area contributed by atoms with Crippen molar-refractivity contribution in [2.45, 2.75) is 40.3 Å². The summed E-state index contributed by atoms with van der Waals surface area (Å²) in [7, 11) is 0. The molecule has 0 atom stereocenters. The zero-order chi connectivity index (χ0) is 13.5. The van der Waals surface area contributed by atoms with E-state index < -0.39 is 0 Å². The van der Waals surface area contributed by atoms with Crippen LogP contribution in [-0.2, 0) is 6.61 Å². The van der Waals surface area contributed by atoms with Crippen molar-refractivity contribution in [1.82, 2.24) is 14.8 Å². The van der Waals surface area contributed by atoms with Crippen LogP contribution < -0.4 is 0 Å². The number of hydrogen-bond acceptors (Lipinski definition) is 3. The Kier molecular flexibility index (Phi) is 5.52. The van der Waals surface area contributed by atoms with Crippen molar-refractivity contribution in [3.8, 4) is 11.4 Å². The van der Waals surface area contributed by atoms with E-state index in [2.05, 4.69) is 23.9 Å². The third kappa shape index (κ3) is 2.96. The van der Waals surface area contributed by atoms with Gasteiger partial charge in [-0.3, -0.25) is 9.67 Å². The second-order valence-corrected chi connectivity index (χ2v) is 3.92. The summed E-state index contributed by atoms with van der Waals surface area (Å²) in [5, 5.41) is 13.5. The lowest BCUT2D eigenvalue weighted by molar-refractivity contribution is 0.282. The fourth-order valence-electron chi connectivity index (χ4n) is 1.71. The molecule has 0 aliphatic rings. The van der Waals surface area contributed by atoms with Crippen LogP contribution in [0.4, 0.5) is 0 Å². The highest BCUT2D eigenvalue weighted by Gasteiger charge is 2.12. The summed E-state index contributed by atoms with van der Waals surface area (Å²) in [5.74, 6) is 0. The molecule has 0 bridgehead atoms. The molecule has 2 aromatic rings. The quantitative estimate of drug-likeness (QED) is 0.907. The predicted octanol–water partition coefficient (Wildman–Crippen LogP) is 3.04. The Morgan fingerprint density at radius 1 is 1.22 bits per heavy atom. The molecule has 0 amide bonds. The second-order valence-electron chi connectivity index (χ2n) is 3.92. The SMILES string of the molecule is CC.CC(C)n1nccc1-c1ncccc1CO. The fraction of sp³-hybridized carbons (Fsp3) is 0.429. The van der Waals surface area contributed by atoms with Gasteiger partial charge in [0.25, 0.3) is 0 Å². The molecule has 0 aromatic carbocycles. The van der Waals surface area contributed by atoms with E-state index in [4.69, 9.17) is 0 Å². The fourth-order valence-corrected chi connectivity index (χ4v) is 1.71. The summed E-state index contributed by atoms with van der Waals surface area (Å²) in [5.41, 5.74) is 2.57. The monoisotopic (exact) mass is 247 g/mol. The van der Waals surface area contributed by atoms with Gasteiger partial charge in [-0.15, -0.1) is 0 Å². The van der Waals surface area contributed by atoms with Crippen LogP contribution in [0.2, 0.25) is 0 Å². The number of aromatic nitrogens is 3. The lowest BCUT2D eigenvalue weighted by Gasteiger charge is -2.12. The molecular weight excluding hydrogens is 226 g/mol. The van der Waals surface area contributed by atoms with E-state index >= 15 is 0 Å². The maximum Gasteiger partial charge on any atom is 0.0938 e. The van der Waals surface area contributed by atoms with Crippen molar-refractivity contribution in [1.29, 1.82) is 0 Å².